The molecule has 160 valence electrons. The van der Waals surface area contributed by atoms with Crippen LogP contribution >= 0.6 is 0 Å². The minimum absolute atomic E-state index is 0.0329. The largest absolute Gasteiger partial charge is 0.496 e. The molecule has 0 radical (unpaired) electrons. The van der Waals surface area contributed by atoms with Gasteiger partial charge in [-0.2, -0.15) is 5.10 Å². The number of H-pyrrole nitrogens is 1. The highest BCUT2D eigenvalue weighted by Crippen LogP contribution is 2.26. The number of aromatic nitrogens is 3. The summed E-state index contributed by atoms with van der Waals surface area (Å²) in [6, 6.07) is 17.6. The number of aryl methyl sites for hydroxylation is 1. The number of para-hydroxylation sites is 1. The third-order valence-corrected chi connectivity index (χ3v) is 5.42. The SMILES string of the molecule is COc1ccccc1/C=C(/C(=O)N1CCN(Cc2n[nH]c(C)n2)CC1)c1ccccc1. The highest BCUT2D eigenvalue weighted by molar-refractivity contribution is 6.24. The molecule has 1 aliphatic heterocycles. The summed E-state index contributed by atoms with van der Waals surface area (Å²) in [4.78, 5) is 22.1. The Bertz CT molecular complexity index is 1050. The summed E-state index contributed by atoms with van der Waals surface area (Å²) in [5, 5.41) is 7.10. The summed E-state index contributed by atoms with van der Waals surface area (Å²) in [5.41, 5.74) is 2.45. The fraction of sp³-hybridized carbons (Fsp3) is 0.292. The van der Waals surface area contributed by atoms with Gasteiger partial charge in [0, 0.05) is 37.3 Å². The Morgan fingerprint density at radius 3 is 2.45 bits per heavy atom. The second-order valence-electron chi connectivity index (χ2n) is 7.57. The Balaban J connectivity index is 1.52. The van der Waals surface area contributed by atoms with Crippen molar-refractivity contribution in [2.45, 2.75) is 13.5 Å². The van der Waals surface area contributed by atoms with Crippen molar-refractivity contribution >= 4 is 17.6 Å². The molecule has 1 N–H and O–H groups in total. The average Bonchev–Trinajstić information content (AvgIpc) is 3.22. The number of hydrogen-bond acceptors (Lipinski definition) is 5. The summed E-state index contributed by atoms with van der Waals surface area (Å²) < 4.78 is 5.49. The van der Waals surface area contributed by atoms with Crippen molar-refractivity contribution < 1.29 is 9.53 Å². The molecule has 0 aliphatic carbocycles. The molecule has 3 aromatic rings. The minimum Gasteiger partial charge on any atom is -0.496 e. The number of rotatable bonds is 6. The topological polar surface area (TPSA) is 74.3 Å². The first-order chi connectivity index (χ1) is 15.1. The van der Waals surface area contributed by atoms with Crippen molar-refractivity contribution in [3.63, 3.8) is 0 Å². The number of methoxy groups -OCH3 is 1. The molecule has 0 unspecified atom stereocenters. The zero-order valence-corrected chi connectivity index (χ0v) is 17.9. The number of ether oxygens (including phenoxy) is 1. The maximum atomic E-state index is 13.5. The number of carbonyl (C=O) groups excluding carboxylic acids is 1. The van der Waals surface area contributed by atoms with Crippen LogP contribution < -0.4 is 4.74 Å². The smallest absolute Gasteiger partial charge is 0.254 e. The molecule has 1 saturated heterocycles. The lowest BCUT2D eigenvalue weighted by molar-refractivity contribution is -0.126. The van der Waals surface area contributed by atoms with Crippen molar-refractivity contribution in [2.75, 3.05) is 33.3 Å². The Kier molecular flexibility index (Phi) is 6.43. The molecule has 0 bridgehead atoms. The first-order valence-corrected chi connectivity index (χ1v) is 10.4. The second kappa shape index (κ2) is 9.57. The van der Waals surface area contributed by atoms with E-state index in [9.17, 15) is 4.79 Å². The van der Waals surface area contributed by atoms with Crippen LogP contribution in [0.4, 0.5) is 0 Å². The third kappa shape index (κ3) is 5.00. The summed E-state index contributed by atoms with van der Waals surface area (Å²) in [7, 11) is 1.64. The number of nitrogens with one attached hydrogen (secondary N) is 1. The van der Waals surface area contributed by atoms with Crippen LogP contribution in [0.2, 0.25) is 0 Å². The van der Waals surface area contributed by atoms with Gasteiger partial charge in [0.05, 0.1) is 13.7 Å². The fourth-order valence-corrected chi connectivity index (χ4v) is 3.77. The lowest BCUT2D eigenvalue weighted by atomic mass is 10.0. The van der Waals surface area contributed by atoms with E-state index in [-0.39, 0.29) is 5.91 Å². The Morgan fingerprint density at radius 2 is 1.77 bits per heavy atom. The van der Waals surface area contributed by atoms with E-state index in [1.807, 2.05) is 72.5 Å². The van der Waals surface area contributed by atoms with E-state index < -0.39 is 0 Å². The van der Waals surface area contributed by atoms with Crippen LogP contribution in [0.25, 0.3) is 11.6 Å². The maximum Gasteiger partial charge on any atom is 0.254 e. The molecule has 4 rings (SSSR count). The van der Waals surface area contributed by atoms with Gasteiger partial charge in [-0.3, -0.25) is 14.8 Å². The molecule has 1 aliphatic rings. The summed E-state index contributed by atoms with van der Waals surface area (Å²) in [6.45, 7) is 5.49. The quantitative estimate of drug-likeness (QED) is 0.493. The van der Waals surface area contributed by atoms with E-state index in [1.165, 1.54) is 0 Å². The van der Waals surface area contributed by atoms with Crippen LogP contribution in [0.1, 0.15) is 22.8 Å². The number of piperazine rings is 1. The van der Waals surface area contributed by atoms with E-state index in [2.05, 4.69) is 20.1 Å². The van der Waals surface area contributed by atoms with Crippen molar-refractivity contribution in [2.24, 2.45) is 0 Å². The average molecular weight is 418 g/mol. The highest BCUT2D eigenvalue weighted by Gasteiger charge is 2.25. The lowest BCUT2D eigenvalue weighted by Crippen LogP contribution is -2.48. The molecule has 1 fully saturated rings. The first kappa shape index (κ1) is 20.8. The van der Waals surface area contributed by atoms with Crippen LogP contribution in [0.5, 0.6) is 5.75 Å². The molecule has 2 aromatic carbocycles. The van der Waals surface area contributed by atoms with Crippen LogP contribution in [0.3, 0.4) is 0 Å². The second-order valence-corrected chi connectivity index (χ2v) is 7.57. The van der Waals surface area contributed by atoms with Crippen LogP contribution in [0, 0.1) is 6.92 Å². The van der Waals surface area contributed by atoms with Gasteiger partial charge in [0.1, 0.15) is 11.6 Å². The van der Waals surface area contributed by atoms with Crippen LogP contribution in [-0.2, 0) is 11.3 Å². The standard InChI is InChI=1S/C24H27N5O2/c1-18-25-23(27-26-18)17-28-12-14-29(15-13-28)24(30)21(19-8-4-3-5-9-19)16-20-10-6-7-11-22(20)31-2/h3-11,16H,12-15,17H2,1-2H3,(H,25,26,27)/b21-16+. The van der Waals surface area contributed by atoms with Crippen molar-refractivity contribution in [1.29, 1.82) is 0 Å². The predicted molar refractivity (Wildman–Crippen MR) is 120 cm³/mol. The molecule has 2 heterocycles. The summed E-state index contributed by atoms with van der Waals surface area (Å²) in [6.07, 6.45) is 1.93. The molecular formula is C24H27N5O2. The normalized spacial score (nSPS) is 15.2. The van der Waals surface area contributed by atoms with Gasteiger partial charge in [-0.15, -0.1) is 0 Å². The molecule has 0 spiro atoms. The Labute approximate surface area is 182 Å². The van der Waals surface area contributed by atoms with Crippen molar-refractivity contribution in [3.8, 4) is 5.75 Å². The Morgan fingerprint density at radius 1 is 1.06 bits per heavy atom. The maximum absolute atomic E-state index is 13.5. The van der Waals surface area contributed by atoms with E-state index >= 15 is 0 Å². The monoisotopic (exact) mass is 417 g/mol. The van der Waals surface area contributed by atoms with Crippen molar-refractivity contribution in [3.05, 3.63) is 77.4 Å². The Hall–Kier alpha value is -3.45. The predicted octanol–water partition coefficient (Wildman–Crippen LogP) is 3.01. The van der Waals surface area contributed by atoms with Gasteiger partial charge < -0.3 is 9.64 Å². The minimum atomic E-state index is 0.0329. The summed E-state index contributed by atoms with van der Waals surface area (Å²) in [5.74, 6) is 2.39. The van der Waals surface area contributed by atoms with Crippen molar-refractivity contribution in [1.82, 2.24) is 25.0 Å². The van der Waals surface area contributed by atoms with E-state index in [0.717, 1.165) is 41.6 Å². The van der Waals surface area contributed by atoms with Gasteiger partial charge in [0.25, 0.3) is 5.91 Å². The zero-order valence-electron chi connectivity index (χ0n) is 17.9. The van der Waals surface area contributed by atoms with E-state index in [0.29, 0.717) is 25.2 Å². The third-order valence-electron chi connectivity index (χ3n) is 5.42. The molecule has 0 atom stereocenters. The van der Waals surface area contributed by atoms with Crippen LogP contribution in [0.15, 0.2) is 54.6 Å². The van der Waals surface area contributed by atoms with Gasteiger partial charge in [0.15, 0.2) is 5.82 Å². The number of amides is 1. The van der Waals surface area contributed by atoms with Gasteiger partial charge in [-0.25, -0.2) is 4.98 Å². The highest BCUT2D eigenvalue weighted by atomic mass is 16.5. The molecule has 0 saturated carbocycles. The number of benzene rings is 2. The number of nitrogens with zero attached hydrogens (tertiary/aromatic N) is 4. The van der Waals surface area contributed by atoms with Crippen LogP contribution in [-0.4, -0.2) is 64.2 Å². The molecular weight excluding hydrogens is 390 g/mol. The molecule has 7 nitrogen and oxygen atoms in total. The first-order valence-electron chi connectivity index (χ1n) is 10.4. The fourth-order valence-electron chi connectivity index (χ4n) is 3.77. The molecule has 31 heavy (non-hydrogen) atoms. The van der Waals surface area contributed by atoms with E-state index in [4.69, 9.17) is 4.74 Å². The van der Waals surface area contributed by atoms with Gasteiger partial charge >= 0.3 is 0 Å². The molecule has 1 aromatic heterocycles. The lowest BCUT2D eigenvalue weighted by Gasteiger charge is -2.34. The van der Waals surface area contributed by atoms with Gasteiger partial charge in [-0.1, -0.05) is 48.5 Å². The molecule has 1 amide bonds. The van der Waals surface area contributed by atoms with E-state index in [1.54, 1.807) is 7.11 Å². The van der Waals surface area contributed by atoms with Gasteiger partial charge in [-0.05, 0) is 24.6 Å². The zero-order chi connectivity index (χ0) is 21.6. The van der Waals surface area contributed by atoms with Gasteiger partial charge in [0.2, 0.25) is 0 Å². The number of carbonyl (C=O) groups is 1. The number of aromatic amines is 1. The number of hydrogen-bond donors (Lipinski definition) is 1. The molecule has 7 heteroatoms. The summed E-state index contributed by atoms with van der Waals surface area (Å²) >= 11 is 0.